The number of nitrogens with one attached hydrogen (secondary N) is 1. The van der Waals surface area contributed by atoms with Crippen molar-refractivity contribution in [3.05, 3.63) is 0 Å². The molecule has 2 atom stereocenters. The minimum absolute atomic E-state index is 0.248. The SMILES string of the molecule is CC(CCC(C)(C)C)C(C)CNC(C)(C)C. The van der Waals surface area contributed by atoms with E-state index in [1.807, 2.05) is 0 Å². The van der Waals surface area contributed by atoms with E-state index in [9.17, 15) is 0 Å². The molecule has 0 rings (SSSR count). The monoisotopic (exact) mass is 227 g/mol. The molecule has 16 heavy (non-hydrogen) atoms. The molecule has 0 aromatic carbocycles. The maximum absolute atomic E-state index is 3.60. The number of hydrogen-bond donors (Lipinski definition) is 1. The van der Waals surface area contributed by atoms with Crippen LogP contribution in [0.4, 0.5) is 0 Å². The summed E-state index contributed by atoms with van der Waals surface area (Å²) in [6.07, 6.45) is 2.67. The predicted molar refractivity (Wildman–Crippen MR) is 74.8 cm³/mol. The minimum atomic E-state index is 0.248. The van der Waals surface area contributed by atoms with Crippen molar-refractivity contribution in [3.8, 4) is 0 Å². The molecule has 1 nitrogen and oxygen atoms in total. The average Bonchev–Trinajstić information content (AvgIpc) is 2.07. The molecule has 0 saturated carbocycles. The topological polar surface area (TPSA) is 12.0 Å². The molecule has 0 radical (unpaired) electrons. The highest BCUT2D eigenvalue weighted by molar-refractivity contribution is 4.75. The lowest BCUT2D eigenvalue weighted by Crippen LogP contribution is -2.39. The summed E-state index contributed by atoms with van der Waals surface area (Å²) in [6.45, 7) is 19.6. The van der Waals surface area contributed by atoms with Crippen molar-refractivity contribution in [3.63, 3.8) is 0 Å². The van der Waals surface area contributed by atoms with Gasteiger partial charge in [-0.3, -0.25) is 0 Å². The van der Waals surface area contributed by atoms with Crippen molar-refractivity contribution in [1.29, 1.82) is 0 Å². The summed E-state index contributed by atoms with van der Waals surface area (Å²) in [5, 5.41) is 3.60. The van der Waals surface area contributed by atoms with Crippen molar-refractivity contribution in [1.82, 2.24) is 5.32 Å². The normalized spacial score (nSPS) is 17.2. The van der Waals surface area contributed by atoms with Crippen LogP contribution in [-0.2, 0) is 0 Å². The molecule has 0 aliphatic heterocycles. The van der Waals surface area contributed by atoms with Crippen molar-refractivity contribution >= 4 is 0 Å². The molecule has 0 bridgehead atoms. The molecule has 0 aliphatic carbocycles. The first-order valence-electron chi connectivity index (χ1n) is 6.76. The van der Waals surface area contributed by atoms with Gasteiger partial charge in [0, 0.05) is 5.54 Å². The molecule has 0 aliphatic rings. The first-order valence-corrected chi connectivity index (χ1v) is 6.76. The summed E-state index contributed by atoms with van der Waals surface area (Å²) in [5.74, 6) is 1.58. The second-order valence-corrected chi connectivity index (χ2v) is 7.68. The number of hydrogen-bond acceptors (Lipinski definition) is 1. The molecule has 0 fully saturated rings. The predicted octanol–water partition coefficient (Wildman–Crippen LogP) is 4.47. The van der Waals surface area contributed by atoms with Crippen molar-refractivity contribution in [2.75, 3.05) is 6.54 Å². The van der Waals surface area contributed by atoms with Gasteiger partial charge in [0.25, 0.3) is 0 Å². The lowest BCUT2D eigenvalue weighted by molar-refractivity contribution is 0.264. The zero-order valence-corrected chi connectivity index (χ0v) is 12.8. The first kappa shape index (κ1) is 16.0. The van der Waals surface area contributed by atoms with E-state index in [0.29, 0.717) is 5.41 Å². The van der Waals surface area contributed by atoms with Crippen molar-refractivity contribution in [2.45, 2.75) is 73.8 Å². The average molecular weight is 227 g/mol. The molecular weight excluding hydrogens is 194 g/mol. The van der Waals surface area contributed by atoms with E-state index in [-0.39, 0.29) is 5.54 Å². The van der Waals surface area contributed by atoms with Crippen LogP contribution < -0.4 is 5.32 Å². The summed E-state index contributed by atoms with van der Waals surface area (Å²) >= 11 is 0. The fourth-order valence-corrected chi connectivity index (χ4v) is 1.61. The minimum Gasteiger partial charge on any atom is -0.312 e. The zero-order chi connectivity index (χ0) is 13.0. The number of rotatable bonds is 5. The molecule has 98 valence electrons. The Hall–Kier alpha value is -0.0400. The van der Waals surface area contributed by atoms with E-state index in [1.54, 1.807) is 0 Å². The van der Waals surface area contributed by atoms with Crippen LogP contribution in [0, 0.1) is 17.3 Å². The van der Waals surface area contributed by atoms with Gasteiger partial charge in [-0.15, -0.1) is 0 Å². The maximum atomic E-state index is 3.60. The summed E-state index contributed by atoms with van der Waals surface area (Å²) in [5.41, 5.74) is 0.726. The van der Waals surface area contributed by atoms with E-state index >= 15 is 0 Å². The van der Waals surface area contributed by atoms with Gasteiger partial charge in [0.2, 0.25) is 0 Å². The maximum Gasteiger partial charge on any atom is 0.00966 e. The Bertz CT molecular complexity index is 161. The van der Waals surface area contributed by atoms with Gasteiger partial charge >= 0.3 is 0 Å². The second-order valence-electron chi connectivity index (χ2n) is 7.68. The molecule has 2 unspecified atom stereocenters. The van der Waals surface area contributed by atoms with Crippen LogP contribution in [0.2, 0.25) is 0 Å². The van der Waals surface area contributed by atoms with Crippen LogP contribution in [-0.4, -0.2) is 12.1 Å². The highest BCUT2D eigenvalue weighted by Gasteiger charge is 2.18. The van der Waals surface area contributed by atoms with E-state index in [2.05, 4.69) is 60.7 Å². The van der Waals surface area contributed by atoms with Gasteiger partial charge in [-0.2, -0.15) is 0 Å². The van der Waals surface area contributed by atoms with Crippen molar-refractivity contribution in [2.24, 2.45) is 17.3 Å². The van der Waals surface area contributed by atoms with Gasteiger partial charge in [0.1, 0.15) is 0 Å². The summed E-state index contributed by atoms with van der Waals surface area (Å²) in [7, 11) is 0. The zero-order valence-electron chi connectivity index (χ0n) is 12.8. The third-order valence-corrected chi connectivity index (χ3v) is 3.28. The third-order valence-electron chi connectivity index (χ3n) is 3.28. The van der Waals surface area contributed by atoms with Gasteiger partial charge < -0.3 is 5.32 Å². The Morgan fingerprint density at radius 2 is 1.38 bits per heavy atom. The van der Waals surface area contributed by atoms with Crippen LogP contribution in [0.1, 0.15) is 68.2 Å². The van der Waals surface area contributed by atoms with Gasteiger partial charge in [-0.25, -0.2) is 0 Å². The molecular formula is C15H33N. The Balaban J connectivity index is 3.86. The highest BCUT2D eigenvalue weighted by Crippen LogP contribution is 2.26. The van der Waals surface area contributed by atoms with Crippen LogP contribution >= 0.6 is 0 Å². The third kappa shape index (κ3) is 9.21. The quantitative estimate of drug-likeness (QED) is 0.730. The Morgan fingerprint density at radius 3 is 1.75 bits per heavy atom. The van der Waals surface area contributed by atoms with Crippen LogP contribution in [0.3, 0.4) is 0 Å². The lowest BCUT2D eigenvalue weighted by Gasteiger charge is -2.28. The molecule has 0 saturated heterocycles. The van der Waals surface area contributed by atoms with E-state index in [0.717, 1.165) is 18.4 Å². The molecule has 0 aromatic heterocycles. The molecule has 0 amide bonds. The van der Waals surface area contributed by atoms with Crippen molar-refractivity contribution < 1.29 is 0 Å². The van der Waals surface area contributed by atoms with Gasteiger partial charge in [-0.05, 0) is 57.4 Å². The van der Waals surface area contributed by atoms with Crippen LogP contribution in [0.15, 0.2) is 0 Å². The molecule has 1 heteroatoms. The van der Waals surface area contributed by atoms with Gasteiger partial charge in [-0.1, -0.05) is 34.6 Å². The first-order chi connectivity index (χ1) is 7.01. The fourth-order valence-electron chi connectivity index (χ4n) is 1.61. The summed E-state index contributed by atoms with van der Waals surface area (Å²) < 4.78 is 0. The van der Waals surface area contributed by atoms with E-state index in [4.69, 9.17) is 0 Å². The van der Waals surface area contributed by atoms with Crippen LogP contribution in [0.5, 0.6) is 0 Å². The van der Waals surface area contributed by atoms with E-state index in [1.165, 1.54) is 12.8 Å². The van der Waals surface area contributed by atoms with E-state index < -0.39 is 0 Å². The molecule has 0 spiro atoms. The van der Waals surface area contributed by atoms with Gasteiger partial charge in [0.15, 0.2) is 0 Å². The largest absolute Gasteiger partial charge is 0.312 e. The Kier molecular flexibility index (Phi) is 6.03. The lowest BCUT2D eigenvalue weighted by atomic mass is 9.83. The Labute approximate surface area is 103 Å². The fraction of sp³-hybridized carbons (Fsp3) is 1.00. The second kappa shape index (κ2) is 6.05. The Morgan fingerprint density at radius 1 is 0.875 bits per heavy atom. The standard InChI is InChI=1S/C15H33N/c1-12(9-10-14(3,4)5)13(2)11-16-15(6,7)8/h12-13,16H,9-11H2,1-8H3. The van der Waals surface area contributed by atoms with Gasteiger partial charge in [0.05, 0.1) is 0 Å². The summed E-state index contributed by atoms with van der Waals surface area (Å²) in [6, 6.07) is 0. The van der Waals surface area contributed by atoms with Crippen LogP contribution in [0.25, 0.3) is 0 Å². The highest BCUT2D eigenvalue weighted by atomic mass is 14.9. The summed E-state index contributed by atoms with van der Waals surface area (Å²) in [4.78, 5) is 0. The molecule has 0 aromatic rings. The molecule has 1 N–H and O–H groups in total. The smallest absolute Gasteiger partial charge is 0.00966 e. The molecule has 0 heterocycles.